The Balaban J connectivity index is 1.79. The van der Waals surface area contributed by atoms with Crippen LogP contribution in [0.5, 0.6) is 0 Å². The Morgan fingerprint density at radius 3 is 2.76 bits per heavy atom. The van der Waals surface area contributed by atoms with E-state index in [1.807, 2.05) is 42.2 Å². The molecule has 3 N–H and O–H groups in total. The van der Waals surface area contributed by atoms with E-state index in [2.05, 4.69) is 34.0 Å². The Morgan fingerprint density at radius 1 is 1.29 bits per heavy atom. The summed E-state index contributed by atoms with van der Waals surface area (Å²) >= 11 is 1.69. The van der Waals surface area contributed by atoms with Crippen LogP contribution in [0.15, 0.2) is 54.0 Å². The molecule has 0 aliphatic carbocycles. The van der Waals surface area contributed by atoms with Crippen LogP contribution < -0.4 is 11.1 Å². The Hall–Kier alpha value is -2.11. The van der Waals surface area contributed by atoms with Gasteiger partial charge in [-0.25, -0.2) is 0 Å². The molecule has 2 aromatic heterocycles. The molecule has 3 rings (SSSR count). The number of nitrogens with two attached hydrogens (primary N) is 1. The quantitative estimate of drug-likeness (QED) is 0.760. The van der Waals surface area contributed by atoms with Crippen molar-refractivity contribution in [2.24, 2.45) is 12.8 Å². The van der Waals surface area contributed by atoms with E-state index in [9.17, 15) is 0 Å². The van der Waals surface area contributed by atoms with Crippen LogP contribution in [0, 0.1) is 0 Å². The molecule has 3 aromatic rings. The van der Waals surface area contributed by atoms with Crippen molar-refractivity contribution in [3.05, 3.63) is 59.6 Å². The maximum atomic E-state index is 5.91. The number of nitrogens with zero attached hydrogens (tertiary/aromatic N) is 2. The Kier molecular flexibility index (Phi) is 4.03. The highest BCUT2D eigenvalue weighted by Crippen LogP contribution is 2.30. The third kappa shape index (κ3) is 2.99. The van der Waals surface area contributed by atoms with Gasteiger partial charge in [-0.3, -0.25) is 4.68 Å². The van der Waals surface area contributed by atoms with Crippen molar-refractivity contribution in [3.8, 4) is 11.3 Å². The van der Waals surface area contributed by atoms with Gasteiger partial charge in [-0.2, -0.15) is 5.10 Å². The van der Waals surface area contributed by atoms with E-state index in [1.54, 1.807) is 11.3 Å². The zero-order chi connectivity index (χ0) is 14.7. The molecule has 0 radical (unpaired) electrons. The molecule has 2 heterocycles. The van der Waals surface area contributed by atoms with Crippen molar-refractivity contribution < 1.29 is 0 Å². The molecule has 4 nitrogen and oxygen atoms in total. The lowest BCUT2D eigenvalue weighted by Gasteiger charge is -2.17. The molecule has 0 saturated heterocycles. The summed E-state index contributed by atoms with van der Waals surface area (Å²) < 4.78 is 1.88. The highest BCUT2D eigenvalue weighted by Gasteiger charge is 2.11. The summed E-state index contributed by atoms with van der Waals surface area (Å²) in [5, 5.41) is 11.0. The van der Waals surface area contributed by atoms with Gasteiger partial charge in [0, 0.05) is 30.7 Å². The largest absolute Gasteiger partial charge is 0.369 e. The predicted octanol–water partition coefficient (Wildman–Crippen LogP) is 3.26. The molecule has 1 aromatic carbocycles. The summed E-state index contributed by atoms with van der Waals surface area (Å²) in [5.41, 5.74) is 9.40. The van der Waals surface area contributed by atoms with Crippen molar-refractivity contribution in [1.82, 2.24) is 9.78 Å². The third-order valence-corrected chi connectivity index (χ3v) is 4.33. The Bertz CT molecular complexity index is 702. The number of benzene rings is 1. The summed E-state index contributed by atoms with van der Waals surface area (Å²) in [6.45, 7) is 0.558. The highest BCUT2D eigenvalue weighted by atomic mass is 32.1. The summed E-state index contributed by atoms with van der Waals surface area (Å²) in [4.78, 5) is 0. The van der Waals surface area contributed by atoms with Gasteiger partial charge >= 0.3 is 0 Å². The van der Waals surface area contributed by atoms with Crippen molar-refractivity contribution in [1.29, 1.82) is 0 Å². The minimum Gasteiger partial charge on any atom is -0.369 e. The summed E-state index contributed by atoms with van der Waals surface area (Å²) in [5.74, 6) is 0. The van der Waals surface area contributed by atoms with E-state index >= 15 is 0 Å². The molecular weight excluding hydrogens is 280 g/mol. The van der Waals surface area contributed by atoms with Crippen LogP contribution in [-0.2, 0) is 7.05 Å². The van der Waals surface area contributed by atoms with Gasteiger partial charge in [-0.15, -0.1) is 11.3 Å². The fourth-order valence-corrected chi connectivity index (χ4v) is 3.19. The summed E-state index contributed by atoms with van der Waals surface area (Å²) in [6.07, 6.45) is 1.81. The van der Waals surface area contributed by atoms with Gasteiger partial charge in [0.1, 0.15) is 0 Å². The molecule has 0 fully saturated rings. The minimum absolute atomic E-state index is 0.129. The lowest BCUT2D eigenvalue weighted by atomic mass is 10.1. The minimum atomic E-state index is 0.129. The molecule has 0 amide bonds. The SMILES string of the molecule is Cn1nccc1-c1csc(N[C@H](CN)c2ccccc2)c1. The maximum Gasteiger partial charge on any atom is 0.0894 e. The van der Waals surface area contributed by atoms with Crippen molar-refractivity contribution in [2.45, 2.75) is 6.04 Å². The third-order valence-electron chi connectivity index (χ3n) is 3.47. The second kappa shape index (κ2) is 6.11. The van der Waals surface area contributed by atoms with Crippen LogP contribution >= 0.6 is 11.3 Å². The second-order valence-electron chi connectivity index (χ2n) is 4.88. The maximum absolute atomic E-state index is 5.91. The monoisotopic (exact) mass is 298 g/mol. The van der Waals surface area contributed by atoms with Gasteiger partial charge in [0.05, 0.1) is 16.7 Å². The molecule has 1 atom stereocenters. The molecule has 0 bridgehead atoms. The zero-order valence-electron chi connectivity index (χ0n) is 11.9. The molecule has 108 valence electrons. The second-order valence-corrected chi connectivity index (χ2v) is 5.79. The molecule has 0 aliphatic heterocycles. The number of aromatic nitrogens is 2. The fraction of sp³-hybridized carbons (Fsp3) is 0.188. The Labute approximate surface area is 128 Å². The molecule has 5 heteroatoms. The number of hydrogen-bond acceptors (Lipinski definition) is 4. The standard InChI is InChI=1S/C16H18N4S/c1-20-15(7-8-18-20)13-9-16(21-11-13)19-14(10-17)12-5-3-2-4-6-12/h2-9,11,14,19H,10,17H2,1H3/t14-/m1/s1. The van der Waals surface area contributed by atoms with Gasteiger partial charge in [-0.1, -0.05) is 30.3 Å². The van der Waals surface area contributed by atoms with Gasteiger partial charge in [0.25, 0.3) is 0 Å². The molecule has 0 saturated carbocycles. The van der Waals surface area contributed by atoms with E-state index in [1.165, 1.54) is 11.1 Å². The molecule has 21 heavy (non-hydrogen) atoms. The van der Waals surface area contributed by atoms with Crippen LogP contribution in [-0.4, -0.2) is 16.3 Å². The normalized spacial score (nSPS) is 12.3. The number of hydrogen-bond donors (Lipinski definition) is 2. The van der Waals surface area contributed by atoms with E-state index in [-0.39, 0.29) is 6.04 Å². The highest BCUT2D eigenvalue weighted by molar-refractivity contribution is 7.14. The van der Waals surface area contributed by atoms with E-state index in [0.29, 0.717) is 6.54 Å². The van der Waals surface area contributed by atoms with Gasteiger partial charge in [-0.05, 0) is 17.7 Å². The average Bonchev–Trinajstić information content (AvgIpc) is 3.14. The first-order valence-corrected chi connectivity index (χ1v) is 7.74. The fourth-order valence-electron chi connectivity index (χ4n) is 2.34. The van der Waals surface area contributed by atoms with Crippen LogP contribution in [0.1, 0.15) is 11.6 Å². The van der Waals surface area contributed by atoms with Crippen LogP contribution in [0.25, 0.3) is 11.3 Å². The van der Waals surface area contributed by atoms with Gasteiger partial charge in [0.2, 0.25) is 0 Å². The Morgan fingerprint density at radius 2 is 2.10 bits per heavy atom. The number of thiophene rings is 1. The molecule has 0 aliphatic rings. The van der Waals surface area contributed by atoms with Crippen LogP contribution in [0.4, 0.5) is 5.00 Å². The lowest BCUT2D eigenvalue weighted by Crippen LogP contribution is -2.19. The first kappa shape index (κ1) is 13.9. The predicted molar refractivity (Wildman–Crippen MR) is 88.4 cm³/mol. The van der Waals surface area contributed by atoms with Crippen LogP contribution in [0.2, 0.25) is 0 Å². The number of rotatable bonds is 5. The van der Waals surface area contributed by atoms with E-state index in [0.717, 1.165) is 10.7 Å². The zero-order valence-corrected chi connectivity index (χ0v) is 12.7. The topological polar surface area (TPSA) is 55.9 Å². The number of anilines is 1. The first-order valence-electron chi connectivity index (χ1n) is 6.86. The molecule has 0 spiro atoms. The smallest absolute Gasteiger partial charge is 0.0894 e. The summed E-state index contributed by atoms with van der Waals surface area (Å²) in [6, 6.07) is 14.6. The molecule has 0 unspecified atom stereocenters. The van der Waals surface area contributed by atoms with Crippen LogP contribution in [0.3, 0.4) is 0 Å². The summed E-state index contributed by atoms with van der Waals surface area (Å²) in [7, 11) is 1.95. The van der Waals surface area contributed by atoms with E-state index in [4.69, 9.17) is 5.73 Å². The van der Waals surface area contributed by atoms with E-state index < -0.39 is 0 Å². The molecular formula is C16H18N4S. The van der Waals surface area contributed by atoms with Crippen molar-refractivity contribution in [3.63, 3.8) is 0 Å². The average molecular weight is 298 g/mol. The van der Waals surface area contributed by atoms with Gasteiger partial charge in [0.15, 0.2) is 0 Å². The van der Waals surface area contributed by atoms with Crippen molar-refractivity contribution >= 4 is 16.3 Å². The lowest BCUT2D eigenvalue weighted by molar-refractivity contribution is 0.776. The van der Waals surface area contributed by atoms with Crippen molar-refractivity contribution in [2.75, 3.05) is 11.9 Å². The first-order chi connectivity index (χ1) is 10.3. The number of aryl methyl sites for hydroxylation is 1. The number of nitrogens with one attached hydrogen (secondary N) is 1. The van der Waals surface area contributed by atoms with Gasteiger partial charge < -0.3 is 11.1 Å².